The molecule has 0 spiro atoms. The highest BCUT2D eigenvalue weighted by Crippen LogP contribution is 2.21. The summed E-state index contributed by atoms with van der Waals surface area (Å²) in [5.41, 5.74) is 5.81. The van der Waals surface area contributed by atoms with Crippen molar-refractivity contribution in [2.75, 3.05) is 13.1 Å². The number of benzene rings is 1. The molecule has 0 aromatic heterocycles. The van der Waals surface area contributed by atoms with E-state index in [2.05, 4.69) is 0 Å². The van der Waals surface area contributed by atoms with Gasteiger partial charge < -0.3 is 15.7 Å². The average Bonchev–Trinajstić information content (AvgIpc) is 2.64. The van der Waals surface area contributed by atoms with Gasteiger partial charge in [-0.1, -0.05) is 0 Å². The number of nitrogens with zero attached hydrogens (tertiary/aromatic N) is 1. The summed E-state index contributed by atoms with van der Waals surface area (Å²) in [5, 5.41) is 9.47. The summed E-state index contributed by atoms with van der Waals surface area (Å²) in [6.45, 7) is 1.06. The van der Waals surface area contributed by atoms with Crippen molar-refractivity contribution >= 4 is 5.91 Å². The quantitative estimate of drug-likeness (QED) is 0.738. The number of carbonyl (C=O) groups excluding carboxylic acids is 1. The van der Waals surface area contributed by atoms with Crippen LogP contribution >= 0.6 is 0 Å². The van der Waals surface area contributed by atoms with E-state index in [1.807, 2.05) is 0 Å². The lowest BCUT2D eigenvalue weighted by Gasteiger charge is -2.16. The van der Waals surface area contributed by atoms with Gasteiger partial charge in [-0.05, 0) is 18.6 Å². The highest BCUT2D eigenvalue weighted by atomic mass is 19.1. The third-order valence-electron chi connectivity index (χ3n) is 2.70. The Morgan fingerprint density at radius 2 is 2.31 bits per heavy atom. The summed E-state index contributed by atoms with van der Waals surface area (Å²) < 4.78 is 12.7. The van der Waals surface area contributed by atoms with Gasteiger partial charge in [0.25, 0.3) is 5.91 Å². The van der Waals surface area contributed by atoms with Gasteiger partial charge in [-0.15, -0.1) is 0 Å². The Kier molecular flexibility index (Phi) is 2.78. The minimum atomic E-state index is -0.563. The first-order chi connectivity index (χ1) is 7.58. The van der Waals surface area contributed by atoms with E-state index >= 15 is 0 Å². The topological polar surface area (TPSA) is 66.6 Å². The third-order valence-corrected chi connectivity index (χ3v) is 2.70. The summed E-state index contributed by atoms with van der Waals surface area (Å²) in [7, 11) is 0. The second-order valence-electron chi connectivity index (χ2n) is 3.96. The molecular weight excluding hydrogens is 211 g/mol. The lowest BCUT2D eigenvalue weighted by Crippen LogP contribution is -2.31. The van der Waals surface area contributed by atoms with Crippen LogP contribution < -0.4 is 5.73 Å². The van der Waals surface area contributed by atoms with Crippen LogP contribution in [0.5, 0.6) is 5.75 Å². The number of phenols is 1. The van der Waals surface area contributed by atoms with Gasteiger partial charge in [-0.2, -0.15) is 0 Å². The van der Waals surface area contributed by atoms with Gasteiger partial charge >= 0.3 is 0 Å². The van der Waals surface area contributed by atoms with Gasteiger partial charge in [0, 0.05) is 25.2 Å². The van der Waals surface area contributed by atoms with Crippen LogP contribution in [-0.4, -0.2) is 35.0 Å². The zero-order valence-corrected chi connectivity index (χ0v) is 8.69. The van der Waals surface area contributed by atoms with E-state index in [0.29, 0.717) is 13.1 Å². The van der Waals surface area contributed by atoms with Crippen LogP contribution in [-0.2, 0) is 0 Å². The van der Waals surface area contributed by atoms with E-state index in [9.17, 15) is 14.3 Å². The van der Waals surface area contributed by atoms with Crippen molar-refractivity contribution in [2.24, 2.45) is 5.73 Å². The molecule has 1 aromatic rings. The molecule has 1 atom stereocenters. The van der Waals surface area contributed by atoms with Gasteiger partial charge in [0.1, 0.15) is 11.6 Å². The maximum atomic E-state index is 12.7. The van der Waals surface area contributed by atoms with Gasteiger partial charge in [0.2, 0.25) is 0 Å². The number of halogens is 1. The Balaban J connectivity index is 2.21. The Morgan fingerprint density at radius 3 is 2.88 bits per heavy atom. The van der Waals surface area contributed by atoms with Crippen molar-refractivity contribution in [1.82, 2.24) is 4.90 Å². The summed E-state index contributed by atoms with van der Waals surface area (Å²) in [4.78, 5) is 13.5. The molecule has 5 heteroatoms. The summed E-state index contributed by atoms with van der Waals surface area (Å²) in [6, 6.07) is 3.37. The Labute approximate surface area is 92.5 Å². The largest absolute Gasteiger partial charge is 0.507 e. The number of hydrogen-bond donors (Lipinski definition) is 2. The predicted molar refractivity (Wildman–Crippen MR) is 56.6 cm³/mol. The van der Waals surface area contributed by atoms with Crippen molar-refractivity contribution in [3.05, 3.63) is 29.6 Å². The highest BCUT2D eigenvalue weighted by Gasteiger charge is 2.26. The first-order valence-corrected chi connectivity index (χ1v) is 5.11. The van der Waals surface area contributed by atoms with Crippen molar-refractivity contribution < 1.29 is 14.3 Å². The number of likely N-dealkylation sites (tertiary alicyclic amines) is 1. The molecule has 1 fully saturated rings. The minimum Gasteiger partial charge on any atom is -0.507 e. The van der Waals surface area contributed by atoms with E-state index in [1.165, 1.54) is 6.07 Å². The molecule has 0 saturated carbocycles. The van der Waals surface area contributed by atoms with Crippen LogP contribution in [0.15, 0.2) is 18.2 Å². The van der Waals surface area contributed by atoms with E-state index in [-0.39, 0.29) is 23.3 Å². The molecule has 0 radical (unpaired) electrons. The highest BCUT2D eigenvalue weighted by molar-refractivity contribution is 5.97. The van der Waals surface area contributed by atoms with Crippen LogP contribution in [0.25, 0.3) is 0 Å². The lowest BCUT2D eigenvalue weighted by molar-refractivity contribution is 0.0788. The lowest BCUT2D eigenvalue weighted by atomic mass is 10.1. The number of phenolic OH excluding ortho intramolecular Hbond substituents is 1. The Morgan fingerprint density at radius 1 is 1.56 bits per heavy atom. The van der Waals surface area contributed by atoms with Crippen molar-refractivity contribution in [1.29, 1.82) is 0 Å². The summed E-state index contributed by atoms with van der Waals surface area (Å²) in [6.07, 6.45) is 0.758. The smallest absolute Gasteiger partial charge is 0.257 e. The zero-order chi connectivity index (χ0) is 11.7. The standard InChI is InChI=1S/C11H13FN2O2/c12-7-1-2-9(10(15)5-7)11(16)14-4-3-8(13)6-14/h1-2,5,8,15H,3-4,6,13H2/t8-/m1/s1. The Bertz CT molecular complexity index is 422. The first kappa shape index (κ1) is 10.9. The SMILES string of the molecule is N[C@@H]1CCN(C(=O)c2ccc(F)cc2O)C1. The van der Waals surface area contributed by atoms with E-state index in [1.54, 1.807) is 4.90 Å². The fraction of sp³-hybridized carbons (Fsp3) is 0.364. The second-order valence-corrected chi connectivity index (χ2v) is 3.96. The molecule has 0 bridgehead atoms. The monoisotopic (exact) mass is 224 g/mol. The van der Waals surface area contributed by atoms with Crippen molar-refractivity contribution in [2.45, 2.75) is 12.5 Å². The third kappa shape index (κ3) is 1.99. The van der Waals surface area contributed by atoms with Crippen LogP contribution in [0.4, 0.5) is 4.39 Å². The molecule has 1 aromatic carbocycles. The number of nitrogens with two attached hydrogens (primary N) is 1. The number of amides is 1. The van der Waals surface area contributed by atoms with Gasteiger partial charge in [0.15, 0.2) is 0 Å². The maximum Gasteiger partial charge on any atom is 0.257 e. The van der Waals surface area contributed by atoms with Crippen LogP contribution in [0.3, 0.4) is 0 Å². The van der Waals surface area contributed by atoms with Crippen LogP contribution in [0.1, 0.15) is 16.8 Å². The molecule has 1 saturated heterocycles. The molecule has 1 amide bonds. The van der Waals surface area contributed by atoms with Crippen molar-refractivity contribution in [3.8, 4) is 5.75 Å². The molecule has 2 rings (SSSR count). The number of hydrogen-bond acceptors (Lipinski definition) is 3. The molecule has 0 unspecified atom stereocenters. The molecule has 16 heavy (non-hydrogen) atoms. The van der Waals surface area contributed by atoms with Gasteiger partial charge in [0.05, 0.1) is 5.56 Å². The van der Waals surface area contributed by atoms with Crippen molar-refractivity contribution in [3.63, 3.8) is 0 Å². The normalized spacial score (nSPS) is 20.1. The number of rotatable bonds is 1. The predicted octanol–water partition coefficient (Wildman–Crippen LogP) is 0.704. The van der Waals surface area contributed by atoms with E-state index < -0.39 is 5.82 Å². The molecule has 3 N–H and O–H groups in total. The van der Waals surface area contributed by atoms with E-state index in [4.69, 9.17) is 5.73 Å². The first-order valence-electron chi connectivity index (χ1n) is 5.11. The zero-order valence-electron chi connectivity index (χ0n) is 8.69. The number of aromatic hydroxyl groups is 1. The number of carbonyl (C=O) groups is 1. The van der Waals surface area contributed by atoms with Gasteiger partial charge in [-0.3, -0.25) is 4.79 Å². The molecule has 1 aliphatic rings. The molecule has 1 heterocycles. The molecular formula is C11H13FN2O2. The Hall–Kier alpha value is -1.62. The molecule has 1 aliphatic heterocycles. The average molecular weight is 224 g/mol. The second kappa shape index (κ2) is 4.09. The summed E-state index contributed by atoms with van der Waals surface area (Å²) >= 11 is 0. The van der Waals surface area contributed by atoms with Crippen LogP contribution in [0, 0.1) is 5.82 Å². The summed E-state index contributed by atoms with van der Waals surface area (Å²) in [5.74, 6) is -1.19. The van der Waals surface area contributed by atoms with Crippen LogP contribution in [0.2, 0.25) is 0 Å². The fourth-order valence-corrected chi connectivity index (χ4v) is 1.83. The molecule has 0 aliphatic carbocycles. The minimum absolute atomic E-state index is 0.00783. The molecule has 86 valence electrons. The molecule has 4 nitrogen and oxygen atoms in total. The fourth-order valence-electron chi connectivity index (χ4n) is 1.83. The maximum absolute atomic E-state index is 12.7. The van der Waals surface area contributed by atoms with E-state index in [0.717, 1.165) is 18.6 Å². The van der Waals surface area contributed by atoms with Gasteiger partial charge in [-0.25, -0.2) is 4.39 Å².